The van der Waals surface area contributed by atoms with Crippen molar-refractivity contribution in [3.05, 3.63) is 57.2 Å². The first kappa shape index (κ1) is 11.8. The molecule has 0 saturated heterocycles. The number of carbonyl (C=O) groups excluding carboxylic acids is 1. The molecule has 0 aliphatic carbocycles. The first-order chi connectivity index (χ1) is 8.25. The Balaban J connectivity index is 1.95. The number of carbonyl (C=O) groups is 1. The van der Waals surface area contributed by atoms with Crippen molar-refractivity contribution >= 4 is 35.1 Å². The van der Waals surface area contributed by atoms with Crippen LogP contribution in [0.15, 0.2) is 47.6 Å². The molecule has 17 heavy (non-hydrogen) atoms. The van der Waals surface area contributed by atoms with Gasteiger partial charge in [0.1, 0.15) is 0 Å². The van der Waals surface area contributed by atoms with E-state index in [1.54, 1.807) is 36.5 Å². The number of rotatable bonds is 3. The van der Waals surface area contributed by atoms with Crippen LogP contribution in [0, 0.1) is 0 Å². The van der Waals surface area contributed by atoms with E-state index in [1.807, 2.05) is 12.1 Å². The van der Waals surface area contributed by atoms with Gasteiger partial charge in [-0.15, -0.1) is 11.3 Å². The van der Waals surface area contributed by atoms with Gasteiger partial charge in [0, 0.05) is 10.4 Å². The molecule has 5 heteroatoms. The lowest BCUT2D eigenvalue weighted by Gasteiger charge is -1.97. The van der Waals surface area contributed by atoms with Crippen LogP contribution in [0.2, 0.25) is 4.34 Å². The van der Waals surface area contributed by atoms with Crippen LogP contribution < -0.4 is 5.43 Å². The summed E-state index contributed by atoms with van der Waals surface area (Å²) in [5, 5.41) is 3.86. The number of amides is 1. The molecule has 0 aliphatic rings. The largest absolute Gasteiger partial charge is 0.271 e. The molecule has 1 heterocycles. The van der Waals surface area contributed by atoms with E-state index in [-0.39, 0.29) is 5.91 Å². The van der Waals surface area contributed by atoms with Crippen LogP contribution in [0.4, 0.5) is 0 Å². The molecule has 0 unspecified atom stereocenters. The maximum atomic E-state index is 11.6. The Hall–Kier alpha value is -1.65. The van der Waals surface area contributed by atoms with Gasteiger partial charge < -0.3 is 0 Å². The van der Waals surface area contributed by atoms with Crippen molar-refractivity contribution in [1.82, 2.24) is 5.43 Å². The summed E-state index contributed by atoms with van der Waals surface area (Å²) >= 11 is 7.17. The van der Waals surface area contributed by atoms with Gasteiger partial charge in [-0.2, -0.15) is 5.10 Å². The summed E-state index contributed by atoms with van der Waals surface area (Å²) in [6, 6.07) is 12.5. The fourth-order valence-corrected chi connectivity index (χ4v) is 2.14. The fraction of sp³-hybridized carbons (Fsp3) is 0. The van der Waals surface area contributed by atoms with Gasteiger partial charge in [-0.1, -0.05) is 29.8 Å². The molecule has 0 radical (unpaired) electrons. The van der Waals surface area contributed by atoms with Crippen LogP contribution in [0.25, 0.3) is 0 Å². The predicted octanol–water partition coefficient (Wildman–Crippen LogP) is 3.17. The third-order valence-corrected chi connectivity index (χ3v) is 3.15. The highest BCUT2D eigenvalue weighted by atomic mass is 35.5. The lowest BCUT2D eigenvalue weighted by Crippen LogP contribution is -2.17. The van der Waals surface area contributed by atoms with Crippen molar-refractivity contribution in [2.75, 3.05) is 0 Å². The molecule has 2 aromatic rings. The molecule has 2 rings (SSSR count). The lowest BCUT2D eigenvalue weighted by molar-refractivity contribution is 0.0955. The average Bonchev–Trinajstić information content (AvgIpc) is 2.76. The Labute approximate surface area is 108 Å². The molecule has 3 nitrogen and oxygen atoms in total. The normalized spacial score (nSPS) is 10.6. The van der Waals surface area contributed by atoms with E-state index >= 15 is 0 Å². The number of hydrogen-bond acceptors (Lipinski definition) is 3. The van der Waals surface area contributed by atoms with E-state index in [0.717, 1.165) is 4.88 Å². The average molecular weight is 265 g/mol. The fourth-order valence-electron chi connectivity index (χ4n) is 1.21. The topological polar surface area (TPSA) is 41.5 Å². The quantitative estimate of drug-likeness (QED) is 0.671. The number of nitrogens with zero attached hydrogens (tertiary/aromatic N) is 1. The van der Waals surface area contributed by atoms with Gasteiger partial charge in [-0.3, -0.25) is 4.79 Å². The summed E-state index contributed by atoms with van der Waals surface area (Å²) < 4.78 is 0.695. The van der Waals surface area contributed by atoms with Crippen LogP contribution in [0.1, 0.15) is 15.2 Å². The molecule has 1 aromatic heterocycles. The van der Waals surface area contributed by atoms with Crippen LogP contribution in [0.3, 0.4) is 0 Å². The minimum Gasteiger partial charge on any atom is -0.267 e. The van der Waals surface area contributed by atoms with Crippen molar-refractivity contribution in [1.29, 1.82) is 0 Å². The number of hydrazone groups is 1. The highest BCUT2D eigenvalue weighted by Crippen LogP contribution is 2.19. The minimum absolute atomic E-state index is 0.232. The summed E-state index contributed by atoms with van der Waals surface area (Å²) in [5.41, 5.74) is 3.03. The van der Waals surface area contributed by atoms with Crippen LogP contribution in [0.5, 0.6) is 0 Å². The van der Waals surface area contributed by atoms with Gasteiger partial charge >= 0.3 is 0 Å². The molecule has 1 amide bonds. The second-order valence-corrected chi connectivity index (χ2v) is 4.95. The van der Waals surface area contributed by atoms with E-state index in [0.29, 0.717) is 9.90 Å². The number of nitrogens with one attached hydrogen (secondary N) is 1. The maximum absolute atomic E-state index is 11.6. The molecule has 0 spiro atoms. The van der Waals surface area contributed by atoms with Gasteiger partial charge in [-0.05, 0) is 24.3 Å². The maximum Gasteiger partial charge on any atom is 0.271 e. The zero-order chi connectivity index (χ0) is 12.1. The molecule has 0 aliphatic heterocycles. The van der Waals surface area contributed by atoms with E-state index < -0.39 is 0 Å². The summed E-state index contributed by atoms with van der Waals surface area (Å²) in [6.45, 7) is 0. The monoisotopic (exact) mass is 264 g/mol. The smallest absolute Gasteiger partial charge is 0.267 e. The lowest BCUT2D eigenvalue weighted by atomic mass is 10.2. The van der Waals surface area contributed by atoms with Crippen molar-refractivity contribution in [3.8, 4) is 0 Å². The van der Waals surface area contributed by atoms with E-state index in [4.69, 9.17) is 11.6 Å². The van der Waals surface area contributed by atoms with E-state index in [2.05, 4.69) is 10.5 Å². The summed E-state index contributed by atoms with van der Waals surface area (Å²) in [4.78, 5) is 12.5. The SMILES string of the molecule is O=C(N/N=C/c1ccc(Cl)s1)c1ccccc1. The number of thiophene rings is 1. The number of benzene rings is 1. The second-order valence-electron chi connectivity index (χ2n) is 3.21. The number of halogens is 1. The van der Waals surface area contributed by atoms with E-state index in [1.165, 1.54) is 11.3 Å². The molecule has 86 valence electrons. The van der Waals surface area contributed by atoms with Gasteiger partial charge in [-0.25, -0.2) is 5.43 Å². The first-order valence-corrected chi connectivity index (χ1v) is 6.09. The summed E-state index contributed by atoms with van der Waals surface area (Å²) in [7, 11) is 0. The molecular formula is C12H9ClN2OS. The van der Waals surface area contributed by atoms with Crippen molar-refractivity contribution in [2.24, 2.45) is 5.10 Å². The van der Waals surface area contributed by atoms with Crippen LogP contribution >= 0.6 is 22.9 Å². The molecule has 1 aromatic carbocycles. The van der Waals surface area contributed by atoms with Gasteiger partial charge in [0.25, 0.3) is 5.91 Å². The van der Waals surface area contributed by atoms with Gasteiger partial charge in [0.2, 0.25) is 0 Å². The molecule has 0 saturated carbocycles. The van der Waals surface area contributed by atoms with Crippen LogP contribution in [-0.2, 0) is 0 Å². The van der Waals surface area contributed by atoms with Crippen molar-refractivity contribution in [3.63, 3.8) is 0 Å². The Kier molecular flexibility index (Phi) is 3.90. The van der Waals surface area contributed by atoms with Gasteiger partial charge in [0.15, 0.2) is 0 Å². The molecule has 1 N–H and O–H groups in total. The Morgan fingerprint density at radius 2 is 2.00 bits per heavy atom. The molecular weight excluding hydrogens is 256 g/mol. The highest BCUT2D eigenvalue weighted by molar-refractivity contribution is 7.17. The first-order valence-electron chi connectivity index (χ1n) is 4.89. The van der Waals surface area contributed by atoms with Crippen LogP contribution in [-0.4, -0.2) is 12.1 Å². The predicted molar refractivity (Wildman–Crippen MR) is 70.8 cm³/mol. The molecule has 0 bridgehead atoms. The number of hydrogen-bond donors (Lipinski definition) is 1. The van der Waals surface area contributed by atoms with E-state index in [9.17, 15) is 4.79 Å². The van der Waals surface area contributed by atoms with Crippen molar-refractivity contribution < 1.29 is 4.79 Å². The zero-order valence-electron chi connectivity index (χ0n) is 8.76. The summed E-state index contributed by atoms with van der Waals surface area (Å²) in [6.07, 6.45) is 1.57. The summed E-state index contributed by atoms with van der Waals surface area (Å²) in [5.74, 6) is -0.232. The third-order valence-electron chi connectivity index (χ3n) is 1.99. The van der Waals surface area contributed by atoms with Gasteiger partial charge in [0.05, 0.1) is 10.6 Å². The standard InChI is InChI=1S/C12H9ClN2OS/c13-11-7-6-10(17-11)8-14-15-12(16)9-4-2-1-3-5-9/h1-8H,(H,15,16)/b14-8+. The minimum atomic E-state index is -0.232. The Bertz CT molecular complexity index is 536. The molecule has 0 atom stereocenters. The highest BCUT2D eigenvalue weighted by Gasteiger charge is 2.01. The molecule has 0 fully saturated rings. The Morgan fingerprint density at radius 1 is 1.24 bits per heavy atom. The second kappa shape index (κ2) is 5.61. The van der Waals surface area contributed by atoms with Crippen molar-refractivity contribution in [2.45, 2.75) is 0 Å². The zero-order valence-corrected chi connectivity index (χ0v) is 10.3. The third kappa shape index (κ3) is 3.41. The Morgan fingerprint density at radius 3 is 2.65 bits per heavy atom.